The number of hydrogen-bond donors (Lipinski definition) is 1. The minimum absolute atomic E-state index is 0.771. The van der Waals surface area contributed by atoms with E-state index in [9.17, 15) is 0 Å². The molecular weight excluding hydrogens is 172 g/mol. The molecule has 0 spiro atoms. The standard InChI is InChI=1S/C12H24N2/c1-10-11-6-4-3-5-7-12(11)13-8-9-14(10)2/h10-13H,3-9H2,1-2H3/t10-,11-,12?/m0/s1. The average Bonchev–Trinajstić information content (AvgIpc) is 2.46. The second-order valence-corrected chi connectivity index (χ2v) is 5.08. The summed E-state index contributed by atoms with van der Waals surface area (Å²) in [7, 11) is 2.28. The lowest BCUT2D eigenvalue weighted by Crippen LogP contribution is -2.40. The number of likely N-dealkylation sites (N-methyl/N-ethyl adjacent to an activating group) is 1. The molecule has 1 unspecified atom stereocenters. The Bertz CT molecular complexity index is 181. The predicted molar refractivity (Wildman–Crippen MR) is 60.5 cm³/mol. The number of nitrogens with zero attached hydrogens (tertiary/aromatic N) is 1. The molecule has 1 N–H and O–H groups in total. The average molecular weight is 196 g/mol. The summed E-state index contributed by atoms with van der Waals surface area (Å²) < 4.78 is 0. The van der Waals surface area contributed by atoms with Crippen LogP contribution in [0.5, 0.6) is 0 Å². The Morgan fingerprint density at radius 1 is 1.14 bits per heavy atom. The van der Waals surface area contributed by atoms with Gasteiger partial charge in [-0.15, -0.1) is 0 Å². The molecule has 82 valence electrons. The summed E-state index contributed by atoms with van der Waals surface area (Å²) in [6.07, 6.45) is 7.17. The van der Waals surface area contributed by atoms with Gasteiger partial charge in [-0.2, -0.15) is 0 Å². The largest absolute Gasteiger partial charge is 0.312 e. The smallest absolute Gasteiger partial charge is 0.0111 e. The highest BCUT2D eigenvalue weighted by Crippen LogP contribution is 2.29. The van der Waals surface area contributed by atoms with Gasteiger partial charge < -0.3 is 10.2 Å². The maximum atomic E-state index is 3.74. The maximum Gasteiger partial charge on any atom is 0.0111 e. The monoisotopic (exact) mass is 196 g/mol. The van der Waals surface area contributed by atoms with Crippen molar-refractivity contribution in [2.45, 2.75) is 51.1 Å². The van der Waals surface area contributed by atoms with Gasteiger partial charge in [0.1, 0.15) is 0 Å². The van der Waals surface area contributed by atoms with E-state index < -0.39 is 0 Å². The minimum Gasteiger partial charge on any atom is -0.312 e. The third-order valence-corrected chi connectivity index (χ3v) is 4.26. The van der Waals surface area contributed by atoms with Gasteiger partial charge in [0, 0.05) is 25.2 Å². The second-order valence-electron chi connectivity index (χ2n) is 5.08. The molecule has 1 heterocycles. The molecule has 2 fully saturated rings. The van der Waals surface area contributed by atoms with Crippen LogP contribution in [0.4, 0.5) is 0 Å². The highest BCUT2D eigenvalue weighted by Gasteiger charge is 2.31. The van der Waals surface area contributed by atoms with Crippen molar-refractivity contribution in [2.24, 2.45) is 5.92 Å². The molecule has 3 atom stereocenters. The summed E-state index contributed by atoms with van der Waals surface area (Å²) in [6.45, 7) is 4.81. The van der Waals surface area contributed by atoms with Gasteiger partial charge in [-0.1, -0.05) is 19.3 Å². The number of nitrogens with one attached hydrogen (secondary N) is 1. The van der Waals surface area contributed by atoms with Gasteiger partial charge in [0.05, 0.1) is 0 Å². The quantitative estimate of drug-likeness (QED) is 0.636. The fraction of sp³-hybridized carbons (Fsp3) is 1.00. The van der Waals surface area contributed by atoms with Crippen molar-refractivity contribution in [1.29, 1.82) is 0 Å². The normalized spacial score (nSPS) is 41.1. The van der Waals surface area contributed by atoms with Crippen LogP contribution >= 0.6 is 0 Å². The van der Waals surface area contributed by atoms with E-state index in [0.29, 0.717) is 0 Å². The first-order valence-corrected chi connectivity index (χ1v) is 6.22. The summed E-state index contributed by atoms with van der Waals surface area (Å²) in [4.78, 5) is 2.53. The Balaban J connectivity index is 2.07. The van der Waals surface area contributed by atoms with Crippen molar-refractivity contribution in [3.8, 4) is 0 Å². The molecule has 0 aromatic heterocycles. The van der Waals surface area contributed by atoms with E-state index >= 15 is 0 Å². The third kappa shape index (κ3) is 2.12. The van der Waals surface area contributed by atoms with Crippen LogP contribution in [-0.4, -0.2) is 37.1 Å². The zero-order valence-electron chi connectivity index (χ0n) is 9.63. The van der Waals surface area contributed by atoms with Gasteiger partial charge in [-0.05, 0) is 32.7 Å². The third-order valence-electron chi connectivity index (χ3n) is 4.26. The van der Waals surface area contributed by atoms with E-state index in [1.165, 1.54) is 45.2 Å². The molecular formula is C12H24N2. The molecule has 0 aromatic carbocycles. The highest BCUT2D eigenvalue weighted by molar-refractivity contribution is 4.89. The van der Waals surface area contributed by atoms with Crippen molar-refractivity contribution in [3.63, 3.8) is 0 Å². The molecule has 2 aliphatic rings. The Hall–Kier alpha value is -0.0800. The molecule has 1 aliphatic heterocycles. The fourth-order valence-corrected chi connectivity index (χ4v) is 3.12. The minimum atomic E-state index is 0.771. The van der Waals surface area contributed by atoms with Crippen LogP contribution in [0, 0.1) is 5.92 Å². The van der Waals surface area contributed by atoms with Crippen molar-refractivity contribution in [2.75, 3.05) is 20.1 Å². The van der Waals surface area contributed by atoms with E-state index in [1.807, 2.05) is 0 Å². The van der Waals surface area contributed by atoms with Gasteiger partial charge in [0.2, 0.25) is 0 Å². The molecule has 0 amide bonds. The van der Waals surface area contributed by atoms with Crippen LogP contribution in [0.1, 0.15) is 39.0 Å². The zero-order chi connectivity index (χ0) is 9.97. The number of hydrogen-bond acceptors (Lipinski definition) is 2. The van der Waals surface area contributed by atoms with E-state index in [-0.39, 0.29) is 0 Å². The molecule has 0 aromatic rings. The Kier molecular flexibility index (Phi) is 3.45. The lowest BCUT2D eigenvalue weighted by molar-refractivity contribution is 0.188. The van der Waals surface area contributed by atoms with Gasteiger partial charge in [0.15, 0.2) is 0 Å². The molecule has 0 bridgehead atoms. The Morgan fingerprint density at radius 2 is 1.93 bits per heavy atom. The summed E-state index contributed by atoms with van der Waals surface area (Å²) in [5.74, 6) is 0.894. The van der Waals surface area contributed by atoms with Crippen LogP contribution in [0.2, 0.25) is 0 Å². The van der Waals surface area contributed by atoms with Crippen molar-refractivity contribution >= 4 is 0 Å². The molecule has 2 nitrogen and oxygen atoms in total. The van der Waals surface area contributed by atoms with Gasteiger partial charge >= 0.3 is 0 Å². The van der Waals surface area contributed by atoms with Crippen LogP contribution in [0.25, 0.3) is 0 Å². The van der Waals surface area contributed by atoms with Crippen LogP contribution in [-0.2, 0) is 0 Å². The topological polar surface area (TPSA) is 15.3 Å². The van der Waals surface area contributed by atoms with Gasteiger partial charge in [-0.3, -0.25) is 0 Å². The van der Waals surface area contributed by atoms with E-state index in [4.69, 9.17) is 0 Å². The predicted octanol–water partition coefficient (Wildman–Crippen LogP) is 1.86. The lowest BCUT2D eigenvalue weighted by Gasteiger charge is -2.32. The van der Waals surface area contributed by atoms with E-state index in [1.54, 1.807) is 0 Å². The van der Waals surface area contributed by atoms with Crippen molar-refractivity contribution in [1.82, 2.24) is 10.2 Å². The van der Waals surface area contributed by atoms with Gasteiger partial charge in [0.25, 0.3) is 0 Å². The summed E-state index contributed by atoms with van der Waals surface area (Å²) in [6, 6.07) is 1.57. The molecule has 0 radical (unpaired) electrons. The fourth-order valence-electron chi connectivity index (χ4n) is 3.12. The lowest BCUT2D eigenvalue weighted by atomic mass is 9.88. The molecule has 2 heteroatoms. The first-order valence-electron chi connectivity index (χ1n) is 6.22. The molecule has 1 saturated carbocycles. The maximum absolute atomic E-state index is 3.74. The van der Waals surface area contributed by atoms with Crippen molar-refractivity contribution in [3.05, 3.63) is 0 Å². The van der Waals surface area contributed by atoms with E-state index in [0.717, 1.165) is 18.0 Å². The van der Waals surface area contributed by atoms with Crippen molar-refractivity contribution < 1.29 is 0 Å². The summed E-state index contributed by atoms with van der Waals surface area (Å²) in [5, 5.41) is 3.74. The van der Waals surface area contributed by atoms with Crippen LogP contribution in [0.15, 0.2) is 0 Å². The Labute approximate surface area is 88.1 Å². The Morgan fingerprint density at radius 3 is 2.79 bits per heavy atom. The zero-order valence-corrected chi connectivity index (χ0v) is 9.63. The molecule has 14 heavy (non-hydrogen) atoms. The molecule has 1 aliphatic carbocycles. The molecule has 1 saturated heterocycles. The second kappa shape index (κ2) is 4.63. The summed E-state index contributed by atoms with van der Waals surface area (Å²) >= 11 is 0. The van der Waals surface area contributed by atoms with Crippen LogP contribution in [0.3, 0.4) is 0 Å². The highest BCUT2D eigenvalue weighted by atomic mass is 15.2. The van der Waals surface area contributed by atoms with Gasteiger partial charge in [-0.25, -0.2) is 0 Å². The summed E-state index contributed by atoms with van der Waals surface area (Å²) in [5.41, 5.74) is 0. The molecule has 2 rings (SSSR count). The number of rotatable bonds is 0. The number of fused-ring (bicyclic) bond motifs is 1. The first kappa shape index (κ1) is 10.4. The first-order chi connectivity index (χ1) is 6.79. The van der Waals surface area contributed by atoms with E-state index in [2.05, 4.69) is 24.2 Å². The van der Waals surface area contributed by atoms with Crippen LogP contribution < -0.4 is 5.32 Å². The SMILES string of the molecule is C[C@H]1[C@@H]2CCCCCC2NCCN1C.